The largest absolute Gasteiger partial charge is 0.454 e. The van der Waals surface area contributed by atoms with Crippen LogP contribution >= 0.6 is 33.2 Å². The van der Waals surface area contributed by atoms with Crippen molar-refractivity contribution in [3.05, 3.63) is 0 Å². The lowest BCUT2D eigenvalue weighted by atomic mass is 10.2. The van der Waals surface area contributed by atoms with Gasteiger partial charge in [0.25, 0.3) is 0 Å². The molecule has 0 amide bonds. The molecule has 0 fully saturated rings. The second-order valence-electron chi connectivity index (χ2n) is 13.7. The molecule has 2 unspecified atom stereocenters. The van der Waals surface area contributed by atoms with Crippen molar-refractivity contribution in [3.63, 3.8) is 0 Å². The first kappa shape index (κ1) is 33.9. The summed E-state index contributed by atoms with van der Waals surface area (Å²) in [6, 6.07) is -2.85. The molecule has 0 aliphatic rings. The van der Waals surface area contributed by atoms with Crippen molar-refractivity contribution in [1.29, 1.82) is 0 Å². The maximum absolute atomic E-state index is 7.32. The Morgan fingerprint density at radius 1 is 0.656 bits per heavy atom. The molecule has 0 saturated heterocycles. The summed E-state index contributed by atoms with van der Waals surface area (Å²) in [5, 5.41) is 0.645. The maximum Gasteiger partial charge on any atom is 0.344 e. The molecule has 0 heterocycles. The molecule has 0 spiro atoms. The fourth-order valence-corrected chi connectivity index (χ4v) is 41.6. The van der Waals surface area contributed by atoms with Crippen molar-refractivity contribution in [1.82, 2.24) is 4.23 Å². The minimum absolute atomic E-state index is 0.110. The summed E-state index contributed by atoms with van der Waals surface area (Å²) >= 11 is 19.8. The Hall–Kier alpha value is 1.87. The average molecular weight is 595 g/mol. The molecule has 0 aromatic rings. The van der Waals surface area contributed by atoms with Gasteiger partial charge in [0.2, 0.25) is 0 Å². The van der Waals surface area contributed by atoms with E-state index >= 15 is 0 Å². The van der Waals surface area contributed by atoms with Crippen molar-refractivity contribution in [2.45, 2.75) is 142 Å². The molecule has 0 bridgehead atoms. The molecule has 32 heavy (non-hydrogen) atoms. The molecule has 0 radical (unpaired) electrons. The molecule has 0 aliphatic carbocycles. The zero-order valence-electron chi connectivity index (χ0n) is 24.1. The minimum atomic E-state index is -2.85. The third-order valence-corrected chi connectivity index (χ3v) is 40.0. The Labute approximate surface area is 221 Å². The van der Waals surface area contributed by atoms with Crippen LogP contribution in [0, 0.1) is 0 Å². The first-order valence-electron chi connectivity index (χ1n) is 12.3. The lowest BCUT2D eigenvalue weighted by molar-refractivity contribution is 0.410. The Balaban J connectivity index is 6.74. The fourth-order valence-electron chi connectivity index (χ4n) is 5.12. The third-order valence-electron chi connectivity index (χ3n) is 8.54. The van der Waals surface area contributed by atoms with E-state index in [1.807, 2.05) is 0 Å². The van der Waals surface area contributed by atoms with E-state index in [0.717, 1.165) is 12.8 Å². The summed E-state index contributed by atoms with van der Waals surface area (Å²) in [4.78, 5) is 0. The molecule has 0 saturated carbocycles. The van der Waals surface area contributed by atoms with Crippen LogP contribution in [0.1, 0.15) is 68.2 Å². The topological polar surface area (TPSA) is 12.5 Å². The molecule has 0 rings (SSSR count). The van der Waals surface area contributed by atoms with Gasteiger partial charge in [0.05, 0.1) is 0 Å². The van der Waals surface area contributed by atoms with Gasteiger partial charge in [0, 0.05) is 10.8 Å². The van der Waals surface area contributed by atoms with Crippen LogP contribution in [-0.4, -0.2) is 49.0 Å². The van der Waals surface area contributed by atoms with Crippen molar-refractivity contribution < 1.29 is 4.12 Å². The summed E-state index contributed by atoms with van der Waals surface area (Å²) in [6.07, 6.45) is 2.00. The van der Waals surface area contributed by atoms with E-state index in [9.17, 15) is 0 Å². The van der Waals surface area contributed by atoms with Gasteiger partial charge in [-0.25, -0.2) is 0 Å². The van der Waals surface area contributed by atoms with Crippen molar-refractivity contribution in [2.24, 2.45) is 0 Å². The van der Waals surface area contributed by atoms with Crippen molar-refractivity contribution in [2.75, 3.05) is 0 Å². The number of rotatable bonds is 10. The zero-order chi connectivity index (χ0) is 26.4. The van der Waals surface area contributed by atoms with Crippen molar-refractivity contribution >= 4 is 72.3 Å². The summed E-state index contributed by atoms with van der Waals surface area (Å²) in [6.45, 7) is 39.0. The number of hydrogen-bond acceptors (Lipinski definition) is 2. The van der Waals surface area contributed by atoms with E-state index in [2.05, 4.69) is 112 Å². The van der Waals surface area contributed by atoms with Crippen LogP contribution in [0.2, 0.25) is 67.6 Å². The van der Waals surface area contributed by atoms with E-state index in [4.69, 9.17) is 37.4 Å². The van der Waals surface area contributed by atoms with Gasteiger partial charge in [-0.15, -0.1) is 33.2 Å². The molecule has 0 N–H and O–H groups in total. The van der Waals surface area contributed by atoms with Gasteiger partial charge in [0.15, 0.2) is 16.6 Å². The van der Waals surface area contributed by atoms with Gasteiger partial charge in [-0.3, -0.25) is 0 Å². The van der Waals surface area contributed by atoms with Crippen LogP contribution in [0.5, 0.6) is 0 Å². The van der Waals surface area contributed by atoms with Gasteiger partial charge >= 0.3 is 6.00 Å². The zero-order valence-corrected chi connectivity index (χ0v) is 31.3. The number of nitrogens with zero attached hydrogens (tertiary/aromatic N) is 1. The quantitative estimate of drug-likeness (QED) is 0.184. The van der Waals surface area contributed by atoms with Crippen LogP contribution < -0.4 is 0 Å². The minimum Gasteiger partial charge on any atom is -0.454 e. The highest BCUT2D eigenvalue weighted by atomic mass is 35.8. The first-order chi connectivity index (χ1) is 13.7. The van der Waals surface area contributed by atoms with E-state index in [1.165, 1.54) is 0 Å². The van der Waals surface area contributed by atoms with Crippen LogP contribution in [0.4, 0.5) is 0 Å². The summed E-state index contributed by atoms with van der Waals surface area (Å²) in [7, 11) is -8.02. The van der Waals surface area contributed by atoms with E-state index < -0.39 is 39.1 Å². The molecule has 2 atom stereocenters. The molecular formula is C22H54Cl3NOSi5. The van der Waals surface area contributed by atoms with E-state index in [-0.39, 0.29) is 15.2 Å². The average Bonchev–Trinajstić information content (AvgIpc) is 2.46. The van der Waals surface area contributed by atoms with Gasteiger partial charge in [0.1, 0.15) is 16.5 Å². The summed E-state index contributed by atoms with van der Waals surface area (Å²) < 4.78 is 10.4. The molecular weight excluding hydrogens is 541 g/mol. The Bertz CT molecular complexity index is 597. The van der Waals surface area contributed by atoms with Crippen molar-refractivity contribution in [3.8, 4) is 0 Å². The first-order valence-corrected chi connectivity index (χ1v) is 29.3. The highest BCUT2D eigenvalue weighted by Crippen LogP contribution is 2.50. The Morgan fingerprint density at radius 2 is 1.00 bits per heavy atom. The van der Waals surface area contributed by atoms with Crippen LogP contribution in [0.25, 0.3) is 0 Å². The lowest BCUT2D eigenvalue weighted by Crippen LogP contribution is -2.76. The molecule has 194 valence electrons. The lowest BCUT2D eigenvalue weighted by Gasteiger charge is -2.62. The monoisotopic (exact) mass is 593 g/mol. The summed E-state index contributed by atoms with van der Waals surface area (Å²) in [5.74, 6) is 0. The van der Waals surface area contributed by atoms with E-state index in [0.29, 0.717) is 5.67 Å². The van der Waals surface area contributed by atoms with Gasteiger partial charge in [-0.05, 0) is 42.7 Å². The Kier molecular flexibility index (Phi) is 11.3. The highest BCUT2D eigenvalue weighted by Gasteiger charge is 2.58. The van der Waals surface area contributed by atoms with Crippen LogP contribution in [0.3, 0.4) is 0 Å². The molecule has 0 aliphatic heterocycles. The normalized spacial score (nSPS) is 17.6. The second kappa shape index (κ2) is 10.7. The SMILES string of the molecule is CCC(N([Si](C)(C)C(C)(C)C)[Si](C)(C)C(C)(C)C)[Si](C)(C)O[Si](C)(C)C(CC)[Si](Cl)(Cl)Cl. The second-order valence-corrected chi connectivity index (χ2v) is 42.4. The van der Waals surface area contributed by atoms with E-state index in [1.54, 1.807) is 0 Å². The molecule has 2 nitrogen and oxygen atoms in total. The summed E-state index contributed by atoms with van der Waals surface area (Å²) in [5.41, 5.74) is 0.464. The van der Waals surface area contributed by atoms with Crippen LogP contribution in [0.15, 0.2) is 0 Å². The number of halogens is 3. The standard InChI is InChI=1S/C22H54Cl3NOSi5/c1-17-19(28(9,10)27-29(11,12)20(18-2)32(23,24)25)26(30(13,14)21(3,4)5)31(15,16)22(6,7)8/h19-20H,17-18H2,1-16H3. The predicted molar refractivity (Wildman–Crippen MR) is 164 cm³/mol. The Morgan fingerprint density at radius 3 is 1.22 bits per heavy atom. The highest BCUT2D eigenvalue weighted by molar-refractivity contribution is 7.66. The fraction of sp³-hybridized carbons (Fsp3) is 1.00. The maximum atomic E-state index is 7.32. The van der Waals surface area contributed by atoms with Gasteiger partial charge in [-0.2, -0.15) is 0 Å². The van der Waals surface area contributed by atoms with Gasteiger partial charge in [-0.1, -0.05) is 88.0 Å². The third kappa shape index (κ3) is 7.45. The molecule has 0 aromatic heterocycles. The molecule has 10 heteroatoms. The van der Waals surface area contributed by atoms with Gasteiger partial charge < -0.3 is 8.35 Å². The molecule has 0 aromatic carbocycles. The smallest absolute Gasteiger partial charge is 0.344 e. The van der Waals surface area contributed by atoms with Crippen LogP contribution in [-0.2, 0) is 4.12 Å². The number of hydrogen-bond donors (Lipinski definition) is 0. The predicted octanol–water partition coefficient (Wildman–Crippen LogP) is 10.0.